The standard InChI is InChI=1S/C10H11F3O/c1-7(10(11,12)13)8-3-5-9(14-2)6-4-8/h3-7H,1-2H3/t7-/m1/s1. The topological polar surface area (TPSA) is 9.23 Å². The summed E-state index contributed by atoms with van der Waals surface area (Å²) in [6.45, 7) is 1.14. The first-order chi connectivity index (χ1) is 6.45. The van der Waals surface area contributed by atoms with Crippen molar-refractivity contribution in [1.29, 1.82) is 0 Å². The number of hydrogen-bond acceptors (Lipinski definition) is 1. The van der Waals surface area contributed by atoms with E-state index in [0.717, 1.165) is 6.92 Å². The number of rotatable bonds is 2. The number of methoxy groups -OCH3 is 1. The molecule has 1 rings (SSSR count). The summed E-state index contributed by atoms with van der Waals surface area (Å²) in [6, 6.07) is 5.91. The molecule has 0 fully saturated rings. The van der Waals surface area contributed by atoms with E-state index < -0.39 is 12.1 Å². The van der Waals surface area contributed by atoms with Crippen molar-refractivity contribution in [3.05, 3.63) is 29.8 Å². The number of hydrogen-bond donors (Lipinski definition) is 0. The second kappa shape index (κ2) is 3.90. The first kappa shape index (κ1) is 10.9. The van der Waals surface area contributed by atoms with Crippen molar-refractivity contribution >= 4 is 0 Å². The molecule has 0 radical (unpaired) electrons. The first-order valence-electron chi connectivity index (χ1n) is 4.16. The van der Waals surface area contributed by atoms with E-state index in [0.29, 0.717) is 5.75 Å². The Hall–Kier alpha value is -1.19. The first-order valence-corrected chi connectivity index (χ1v) is 4.16. The molecule has 14 heavy (non-hydrogen) atoms. The minimum Gasteiger partial charge on any atom is -0.497 e. The average Bonchev–Trinajstić information content (AvgIpc) is 2.15. The Labute approximate surface area is 80.5 Å². The highest BCUT2D eigenvalue weighted by atomic mass is 19.4. The quantitative estimate of drug-likeness (QED) is 0.717. The van der Waals surface area contributed by atoms with Gasteiger partial charge in [0.25, 0.3) is 0 Å². The summed E-state index contributed by atoms with van der Waals surface area (Å²) >= 11 is 0. The smallest absolute Gasteiger partial charge is 0.395 e. The Morgan fingerprint density at radius 2 is 1.64 bits per heavy atom. The zero-order chi connectivity index (χ0) is 10.8. The molecule has 0 saturated heterocycles. The van der Waals surface area contributed by atoms with Crippen LogP contribution in [0.5, 0.6) is 5.75 Å². The van der Waals surface area contributed by atoms with Gasteiger partial charge in [-0.1, -0.05) is 12.1 Å². The molecule has 0 aliphatic heterocycles. The monoisotopic (exact) mass is 204 g/mol. The molecule has 1 nitrogen and oxygen atoms in total. The molecule has 0 spiro atoms. The Morgan fingerprint density at radius 1 is 1.14 bits per heavy atom. The fourth-order valence-electron chi connectivity index (χ4n) is 1.08. The Morgan fingerprint density at radius 3 is 2.00 bits per heavy atom. The Bertz CT molecular complexity index is 289. The highest BCUT2D eigenvalue weighted by Gasteiger charge is 2.36. The zero-order valence-corrected chi connectivity index (χ0v) is 7.93. The molecule has 0 amide bonds. The third-order valence-electron chi connectivity index (χ3n) is 2.11. The van der Waals surface area contributed by atoms with E-state index in [9.17, 15) is 13.2 Å². The lowest BCUT2D eigenvalue weighted by molar-refractivity contribution is -0.146. The summed E-state index contributed by atoms with van der Waals surface area (Å²) in [7, 11) is 1.47. The number of benzene rings is 1. The van der Waals surface area contributed by atoms with E-state index in [1.54, 1.807) is 0 Å². The lowest BCUT2D eigenvalue weighted by Gasteiger charge is -2.15. The van der Waals surface area contributed by atoms with E-state index in [4.69, 9.17) is 4.74 Å². The molecule has 0 saturated carbocycles. The molecule has 1 aromatic carbocycles. The van der Waals surface area contributed by atoms with Crippen LogP contribution < -0.4 is 4.74 Å². The third-order valence-corrected chi connectivity index (χ3v) is 2.11. The van der Waals surface area contributed by atoms with Crippen molar-refractivity contribution in [3.63, 3.8) is 0 Å². The number of ether oxygens (including phenoxy) is 1. The molecule has 0 N–H and O–H groups in total. The molecule has 0 aliphatic carbocycles. The zero-order valence-electron chi connectivity index (χ0n) is 7.93. The van der Waals surface area contributed by atoms with Gasteiger partial charge in [0.05, 0.1) is 13.0 Å². The summed E-state index contributed by atoms with van der Waals surface area (Å²) < 4.78 is 41.7. The average molecular weight is 204 g/mol. The molecule has 0 bridgehead atoms. The van der Waals surface area contributed by atoms with Gasteiger partial charge in [0.15, 0.2) is 0 Å². The van der Waals surface area contributed by atoms with E-state index in [1.807, 2.05) is 0 Å². The molecule has 1 aromatic rings. The largest absolute Gasteiger partial charge is 0.497 e. The molecular weight excluding hydrogens is 193 g/mol. The van der Waals surface area contributed by atoms with Crippen molar-refractivity contribution in [1.82, 2.24) is 0 Å². The van der Waals surface area contributed by atoms with Crippen molar-refractivity contribution in [2.24, 2.45) is 0 Å². The molecule has 0 aliphatic rings. The predicted molar refractivity (Wildman–Crippen MR) is 47.5 cm³/mol. The van der Waals surface area contributed by atoms with Crippen molar-refractivity contribution in [3.8, 4) is 5.75 Å². The van der Waals surface area contributed by atoms with Crippen molar-refractivity contribution in [2.45, 2.75) is 19.0 Å². The van der Waals surface area contributed by atoms with Crippen LogP contribution >= 0.6 is 0 Å². The fourth-order valence-corrected chi connectivity index (χ4v) is 1.08. The van der Waals surface area contributed by atoms with E-state index in [1.165, 1.54) is 31.4 Å². The van der Waals surface area contributed by atoms with Crippen LogP contribution in [0, 0.1) is 0 Å². The maximum absolute atomic E-state index is 12.3. The van der Waals surface area contributed by atoms with Gasteiger partial charge in [0.2, 0.25) is 0 Å². The normalized spacial score (nSPS) is 13.8. The minimum atomic E-state index is -4.19. The molecule has 0 aromatic heterocycles. The summed E-state index contributed by atoms with van der Waals surface area (Å²) in [5, 5.41) is 0. The van der Waals surface area contributed by atoms with Crippen LogP contribution in [0.15, 0.2) is 24.3 Å². The second-order valence-electron chi connectivity index (χ2n) is 3.04. The lowest BCUT2D eigenvalue weighted by atomic mass is 10.0. The van der Waals surface area contributed by atoms with E-state index in [2.05, 4.69) is 0 Å². The highest BCUT2D eigenvalue weighted by Crippen LogP contribution is 2.34. The van der Waals surface area contributed by atoms with Gasteiger partial charge < -0.3 is 4.74 Å². The molecule has 1 atom stereocenters. The van der Waals surface area contributed by atoms with Gasteiger partial charge in [-0.15, -0.1) is 0 Å². The van der Waals surface area contributed by atoms with Crippen LogP contribution in [-0.4, -0.2) is 13.3 Å². The Kier molecular flexibility index (Phi) is 3.03. The summed E-state index contributed by atoms with van der Waals surface area (Å²) in [4.78, 5) is 0. The van der Waals surface area contributed by atoms with Gasteiger partial charge in [-0.25, -0.2) is 0 Å². The van der Waals surface area contributed by atoms with E-state index >= 15 is 0 Å². The maximum atomic E-state index is 12.3. The van der Waals surface area contributed by atoms with Crippen LogP contribution in [0.1, 0.15) is 18.4 Å². The molecular formula is C10H11F3O. The van der Waals surface area contributed by atoms with Crippen LogP contribution in [-0.2, 0) is 0 Å². The summed E-state index contributed by atoms with van der Waals surface area (Å²) in [5.74, 6) is -0.878. The van der Waals surface area contributed by atoms with Gasteiger partial charge in [-0.2, -0.15) is 13.2 Å². The van der Waals surface area contributed by atoms with Gasteiger partial charge >= 0.3 is 6.18 Å². The van der Waals surface area contributed by atoms with Crippen molar-refractivity contribution in [2.75, 3.05) is 7.11 Å². The summed E-state index contributed by atoms with van der Waals surface area (Å²) in [5.41, 5.74) is 0.248. The van der Waals surface area contributed by atoms with E-state index in [-0.39, 0.29) is 5.56 Å². The van der Waals surface area contributed by atoms with Crippen LogP contribution in [0.4, 0.5) is 13.2 Å². The van der Waals surface area contributed by atoms with Crippen molar-refractivity contribution < 1.29 is 17.9 Å². The van der Waals surface area contributed by atoms with Crippen LogP contribution in [0.3, 0.4) is 0 Å². The predicted octanol–water partition coefficient (Wildman–Crippen LogP) is 3.36. The van der Waals surface area contributed by atoms with Gasteiger partial charge in [0.1, 0.15) is 5.75 Å². The number of alkyl halides is 3. The lowest BCUT2D eigenvalue weighted by Crippen LogP contribution is -2.17. The maximum Gasteiger partial charge on any atom is 0.395 e. The molecule has 0 heterocycles. The van der Waals surface area contributed by atoms with Gasteiger partial charge in [-0.05, 0) is 24.6 Å². The van der Waals surface area contributed by atoms with Crippen LogP contribution in [0.2, 0.25) is 0 Å². The van der Waals surface area contributed by atoms with Gasteiger partial charge in [0, 0.05) is 0 Å². The minimum absolute atomic E-state index is 0.248. The molecule has 78 valence electrons. The third kappa shape index (κ3) is 2.40. The van der Waals surface area contributed by atoms with Gasteiger partial charge in [-0.3, -0.25) is 0 Å². The Balaban J connectivity index is 2.87. The molecule has 4 heteroatoms. The molecule has 0 unspecified atom stereocenters. The highest BCUT2D eigenvalue weighted by molar-refractivity contribution is 5.29. The SMILES string of the molecule is COc1ccc([C@@H](C)C(F)(F)F)cc1. The second-order valence-corrected chi connectivity index (χ2v) is 3.04. The van der Waals surface area contributed by atoms with Crippen LogP contribution in [0.25, 0.3) is 0 Å². The number of halogens is 3. The summed E-state index contributed by atoms with van der Waals surface area (Å²) in [6.07, 6.45) is -4.19. The fraction of sp³-hybridized carbons (Fsp3) is 0.400.